The second-order valence-corrected chi connectivity index (χ2v) is 9.10. The van der Waals surface area contributed by atoms with Gasteiger partial charge in [0.1, 0.15) is 41.3 Å². The summed E-state index contributed by atoms with van der Waals surface area (Å²) in [5.41, 5.74) is 0.740. The Morgan fingerprint density at radius 3 is 2.13 bits per heavy atom. The van der Waals surface area contributed by atoms with Crippen molar-refractivity contribution in [2.45, 2.75) is 44.1 Å². The highest BCUT2D eigenvalue weighted by molar-refractivity contribution is 6.09. The van der Waals surface area contributed by atoms with Crippen molar-refractivity contribution in [2.24, 2.45) is 0 Å². The van der Waals surface area contributed by atoms with Crippen molar-refractivity contribution in [2.75, 3.05) is 20.8 Å². The minimum atomic E-state index is -1.70. The van der Waals surface area contributed by atoms with Gasteiger partial charge in [0.25, 0.3) is 0 Å². The maximum Gasteiger partial charge on any atom is 0.347 e. The molecule has 0 saturated carbocycles. The first-order valence-corrected chi connectivity index (χ1v) is 12.2. The minimum absolute atomic E-state index is 0.0443. The van der Waals surface area contributed by atoms with Crippen molar-refractivity contribution < 1.29 is 58.1 Å². The van der Waals surface area contributed by atoms with E-state index >= 15 is 0 Å². The summed E-state index contributed by atoms with van der Waals surface area (Å²) in [5, 5.41) is 52.3. The molecule has 4 aromatic rings. The molecule has 12 heteroatoms. The van der Waals surface area contributed by atoms with Crippen LogP contribution in [0.1, 0.15) is 12.7 Å². The number of ether oxygens (including phenoxy) is 4. The molecular weight excluding hydrogens is 516 g/mol. The number of phenols is 1. The van der Waals surface area contributed by atoms with Crippen LogP contribution in [0.5, 0.6) is 23.0 Å². The smallest absolute Gasteiger partial charge is 0.347 e. The molecule has 0 amide bonds. The summed E-state index contributed by atoms with van der Waals surface area (Å²) in [6.45, 7) is 1.23. The van der Waals surface area contributed by atoms with Crippen molar-refractivity contribution in [1.29, 1.82) is 0 Å². The van der Waals surface area contributed by atoms with Crippen molar-refractivity contribution in [3.8, 4) is 34.3 Å². The molecule has 12 nitrogen and oxygen atoms in total. The highest BCUT2D eigenvalue weighted by Crippen LogP contribution is 2.47. The Balaban J connectivity index is 1.81. The van der Waals surface area contributed by atoms with Gasteiger partial charge in [-0.15, -0.1) is 0 Å². The lowest BCUT2D eigenvalue weighted by atomic mass is 9.99. The number of hydrogen-bond acceptors (Lipinski definition) is 11. The van der Waals surface area contributed by atoms with Gasteiger partial charge >= 0.3 is 5.43 Å². The van der Waals surface area contributed by atoms with Crippen LogP contribution in [0.15, 0.2) is 39.2 Å². The first-order chi connectivity index (χ1) is 18.7. The number of aliphatic hydroxyl groups excluding tert-OH is 4. The number of aromatic hydroxyl groups is 1. The average Bonchev–Trinajstić information content (AvgIpc) is 2.93. The molecule has 1 aliphatic rings. The molecule has 0 radical (unpaired) electrons. The van der Waals surface area contributed by atoms with Gasteiger partial charge in [-0.25, -0.2) is 0 Å². The Labute approximate surface area is 221 Å². The Bertz CT molecular complexity index is 1540. The third kappa shape index (κ3) is 4.56. The summed E-state index contributed by atoms with van der Waals surface area (Å²) in [4.78, 5) is 10.4. The number of aryl methyl sites for hydroxylation is 1. The first kappa shape index (κ1) is 26.8. The van der Waals surface area contributed by atoms with Crippen LogP contribution in [-0.4, -0.2) is 81.9 Å². The van der Waals surface area contributed by atoms with Crippen LogP contribution in [0.2, 0.25) is 0 Å². The number of benzene rings is 2. The van der Waals surface area contributed by atoms with E-state index < -0.39 is 37.3 Å². The Hall–Kier alpha value is -3.81. The van der Waals surface area contributed by atoms with Crippen molar-refractivity contribution in [3.63, 3.8) is 0 Å². The third-order valence-corrected chi connectivity index (χ3v) is 6.70. The molecule has 5 atom stereocenters. The Morgan fingerprint density at radius 2 is 1.54 bits per heavy atom. The van der Waals surface area contributed by atoms with Crippen LogP contribution in [-0.2, 0) is 11.2 Å². The van der Waals surface area contributed by atoms with E-state index in [4.69, 9.17) is 27.8 Å². The fourth-order valence-corrected chi connectivity index (χ4v) is 4.65. The molecule has 2 aromatic heterocycles. The van der Waals surface area contributed by atoms with E-state index in [-0.39, 0.29) is 39.8 Å². The monoisotopic (exact) mass is 545 g/mol. The summed E-state index contributed by atoms with van der Waals surface area (Å²) in [6, 6.07) is 7.48. The molecule has 0 spiro atoms. The van der Waals surface area contributed by atoms with Crippen LogP contribution >= 0.6 is 0 Å². The van der Waals surface area contributed by atoms with E-state index in [0.29, 0.717) is 34.1 Å². The second-order valence-electron chi connectivity index (χ2n) is 9.10. The molecule has 208 valence electrons. The van der Waals surface area contributed by atoms with Gasteiger partial charge in [0.2, 0.25) is 12.0 Å². The summed E-state index contributed by atoms with van der Waals surface area (Å²) in [7, 11) is 2.73. The van der Waals surface area contributed by atoms with Gasteiger partial charge in [-0.1, -0.05) is 6.92 Å². The quantitative estimate of drug-likeness (QED) is 0.211. The van der Waals surface area contributed by atoms with E-state index in [1.54, 1.807) is 6.07 Å². The molecule has 5 rings (SSSR count). The lowest BCUT2D eigenvalue weighted by molar-refractivity contribution is -0.277. The van der Waals surface area contributed by atoms with Crippen LogP contribution in [0, 0.1) is 0 Å². The van der Waals surface area contributed by atoms with Crippen LogP contribution < -0.4 is 19.6 Å². The normalized spacial score (nSPS) is 23.3. The highest BCUT2D eigenvalue weighted by atomic mass is 16.7. The number of methoxy groups -OCH3 is 2. The molecule has 0 unspecified atom stereocenters. The van der Waals surface area contributed by atoms with E-state index in [0.717, 1.165) is 0 Å². The van der Waals surface area contributed by atoms with Gasteiger partial charge in [-0.05, 0) is 18.2 Å². The lowest BCUT2D eigenvalue weighted by Gasteiger charge is -2.39. The largest absolute Gasteiger partial charge is 0.502 e. The molecule has 39 heavy (non-hydrogen) atoms. The predicted octanol–water partition coefficient (Wildman–Crippen LogP) is 1.31. The summed E-state index contributed by atoms with van der Waals surface area (Å²) in [6.07, 6.45) is -7.22. The molecule has 1 saturated heterocycles. The summed E-state index contributed by atoms with van der Waals surface area (Å²) in [5.74, 6) is 0.530. The minimum Gasteiger partial charge on any atom is -0.502 e. The molecule has 0 bridgehead atoms. The Morgan fingerprint density at radius 1 is 0.897 bits per heavy atom. The van der Waals surface area contributed by atoms with Crippen molar-refractivity contribution in [3.05, 3.63) is 41.5 Å². The lowest BCUT2D eigenvalue weighted by Crippen LogP contribution is -2.60. The maximum absolute atomic E-state index is 10.7. The van der Waals surface area contributed by atoms with Gasteiger partial charge in [-0.3, -0.25) is 4.79 Å². The standard InChI is InChI=1S/C27H28O12/c1-4-13-9-14-20-15(36-13)7-12(29)8-16(20)37-25(11-5-17(34-2)21(30)18(6-11)35-3)26(14)39-27-24(33)23(32)22(31)19(10-28)38-27/h5-9,19,22-24,27-28,30-33H,4,10H2,1-3H3/p+1/t19-,22-,23+,24-,27+/m1/s1. The topological polar surface area (TPSA) is 186 Å². The fourth-order valence-electron chi connectivity index (χ4n) is 4.65. The highest BCUT2D eigenvalue weighted by Gasteiger charge is 2.45. The molecule has 6 N–H and O–H groups in total. The van der Waals surface area contributed by atoms with Crippen molar-refractivity contribution >= 4 is 21.9 Å². The number of rotatable bonds is 7. The van der Waals surface area contributed by atoms with E-state index in [9.17, 15) is 30.3 Å². The molecule has 3 heterocycles. The van der Waals surface area contributed by atoms with E-state index in [1.165, 1.54) is 38.5 Å². The van der Waals surface area contributed by atoms with Gasteiger partial charge in [0.15, 0.2) is 23.0 Å². The maximum atomic E-state index is 10.7. The fraction of sp³-hybridized carbons (Fsp3) is 0.370. The van der Waals surface area contributed by atoms with Gasteiger partial charge < -0.3 is 53.3 Å². The number of aliphatic hydroxyl groups is 4. The Kier molecular flexibility index (Phi) is 7.14. The van der Waals surface area contributed by atoms with E-state index in [1.807, 2.05) is 6.92 Å². The van der Waals surface area contributed by atoms with Gasteiger partial charge in [0, 0.05) is 17.4 Å². The number of hydrogen-bond donors (Lipinski definition) is 5. The average molecular weight is 546 g/mol. The molecule has 1 fully saturated rings. The third-order valence-electron chi connectivity index (χ3n) is 6.70. The van der Waals surface area contributed by atoms with Crippen molar-refractivity contribution in [1.82, 2.24) is 0 Å². The summed E-state index contributed by atoms with van der Waals surface area (Å²) < 4.78 is 34.5. The zero-order valence-electron chi connectivity index (χ0n) is 21.3. The van der Waals surface area contributed by atoms with Gasteiger partial charge in [0.05, 0.1) is 38.3 Å². The van der Waals surface area contributed by atoms with Crippen LogP contribution in [0.4, 0.5) is 0 Å². The second kappa shape index (κ2) is 10.4. The SMILES string of the molecule is CCc1cc2c(O[C@@H]3O[C@H](CO)[C@@H](O)[C@H](O)[C@H]3O)c(-c3cc(OC)c(O)c(OC)c3)oc3cc(=[OH+])cc(o1)c32. The molecular formula is C27H29O12+. The zero-order chi connectivity index (χ0) is 28.0. The molecule has 0 aliphatic carbocycles. The zero-order valence-corrected chi connectivity index (χ0v) is 21.3. The van der Waals surface area contributed by atoms with Crippen LogP contribution in [0.3, 0.4) is 0 Å². The van der Waals surface area contributed by atoms with Gasteiger partial charge in [-0.2, -0.15) is 0 Å². The first-order valence-electron chi connectivity index (χ1n) is 12.2. The van der Waals surface area contributed by atoms with Crippen LogP contribution in [0.25, 0.3) is 33.3 Å². The van der Waals surface area contributed by atoms with E-state index in [2.05, 4.69) is 0 Å². The molecule has 2 aromatic carbocycles. The molecule has 1 aliphatic heterocycles. The predicted molar refractivity (Wildman–Crippen MR) is 135 cm³/mol. The summed E-state index contributed by atoms with van der Waals surface area (Å²) >= 11 is 0. The number of phenolic OH excluding ortho intramolecular Hbond substituents is 1.